The number of hydrazine groups is 1. The van der Waals surface area contributed by atoms with Crippen molar-refractivity contribution in [3.8, 4) is 0 Å². The van der Waals surface area contributed by atoms with Crippen molar-refractivity contribution in [1.82, 2.24) is 16.2 Å². The van der Waals surface area contributed by atoms with Crippen LogP contribution >= 0.6 is 11.6 Å². The van der Waals surface area contributed by atoms with Gasteiger partial charge in [0.25, 0.3) is 11.8 Å². The summed E-state index contributed by atoms with van der Waals surface area (Å²) in [6.45, 7) is 3.94. The van der Waals surface area contributed by atoms with Crippen LogP contribution in [0.4, 0.5) is 0 Å². The van der Waals surface area contributed by atoms with Gasteiger partial charge in [-0.05, 0) is 49.4 Å². The molecule has 0 aliphatic heterocycles. The molecule has 3 N–H and O–H groups in total. The Morgan fingerprint density at radius 1 is 1.04 bits per heavy atom. The van der Waals surface area contributed by atoms with Gasteiger partial charge < -0.3 is 5.32 Å². The summed E-state index contributed by atoms with van der Waals surface area (Å²) in [4.78, 5) is 37.1. The van der Waals surface area contributed by atoms with Crippen molar-refractivity contribution in [2.45, 2.75) is 58.4 Å². The van der Waals surface area contributed by atoms with Gasteiger partial charge in [-0.3, -0.25) is 25.2 Å². The number of nitrogens with one attached hydrogen (secondary N) is 3. The minimum atomic E-state index is -0.736. The zero-order chi connectivity index (χ0) is 19.8. The van der Waals surface area contributed by atoms with Gasteiger partial charge in [0.15, 0.2) is 0 Å². The number of amides is 3. The molecule has 1 aliphatic rings. The maximum absolute atomic E-state index is 12.5. The van der Waals surface area contributed by atoms with Crippen LogP contribution in [0.3, 0.4) is 0 Å². The Morgan fingerprint density at radius 3 is 2.26 bits per heavy atom. The zero-order valence-electron chi connectivity index (χ0n) is 15.9. The van der Waals surface area contributed by atoms with Gasteiger partial charge in [0.05, 0.1) is 0 Å². The van der Waals surface area contributed by atoms with E-state index in [2.05, 4.69) is 16.2 Å². The second-order valence-electron chi connectivity index (χ2n) is 7.48. The van der Waals surface area contributed by atoms with Gasteiger partial charge in [0, 0.05) is 16.5 Å². The summed E-state index contributed by atoms with van der Waals surface area (Å²) in [5, 5.41) is 3.28. The highest BCUT2D eigenvalue weighted by Crippen LogP contribution is 2.23. The third-order valence-electron chi connectivity index (χ3n) is 4.72. The average Bonchev–Trinajstić information content (AvgIpc) is 2.66. The molecule has 1 aromatic rings. The normalized spacial score (nSPS) is 15.9. The molecule has 1 saturated carbocycles. The van der Waals surface area contributed by atoms with E-state index in [4.69, 9.17) is 11.6 Å². The van der Waals surface area contributed by atoms with Gasteiger partial charge >= 0.3 is 0 Å². The molecule has 2 rings (SSSR count). The molecule has 0 heterocycles. The molecule has 7 heteroatoms. The molecular weight excluding hydrogens is 366 g/mol. The fourth-order valence-corrected chi connectivity index (χ4v) is 3.35. The molecule has 1 fully saturated rings. The first-order valence-electron chi connectivity index (χ1n) is 9.53. The minimum Gasteiger partial charge on any atom is -0.340 e. The maximum atomic E-state index is 12.5. The van der Waals surface area contributed by atoms with Crippen LogP contribution in [0.5, 0.6) is 0 Å². The summed E-state index contributed by atoms with van der Waals surface area (Å²) >= 11 is 5.84. The second-order valence-corrected chi connectivity index (χ2v) is 7.91. The van der Waals surface area contributed by atoms with Crippen molar-refractivity contribution in [2.75, 3.05) is 0 Å². The molecule has 0 bridgehead atoms. The molecular formula is C20H28ClN3O3. The molecule has 6 nitrogen and oxygen atoms in total. The van der Waals surface area contributed by atoms with Crippen molar-refractivity contribution >= 4 is 29.3 Å². The molecule has 0 saturated heterocycles. The van der Waals surface area contributed by atoms with E-state index in [1.807, 2.05) is 13.8 Å². The van der Waals surface area contributed by atoms with Gasteiger partial charge in [-0.25, -0.2) is 0 Å². The summed E-state index contributed by atoms with van der Waals surface area (Å²) in [6.07, 6.45) is 5.40. The Hall–Kier alpha value is -2.08. The summed E-state index contributed by atoms with van der Waals surface area (Å²) in [5.41, 5.74) is 5.42. The first-order chi connectivity index (χ1) is 12.9. The highest BCUT2D eigenvalue weighted by Gasteiger charge is 2.25. The predicted molar refractivity (Wildman–Crippen MR) is 105 cm³/mol. The SMILES string of the molecule is CC(C)C[C@@H](NC(=O)c1ccc(Cl)cc1)C(=O)NNC(=O)C1CCCCC1. The quantitative estimate of drug-likeness (QED) is 0.648. The molecule has 148 valence electrons. The highest BCUT2D eigenvalue weighted by atomic mass is 35.5. The van der Waals surface area contributed by atoms with E-state index in [0.29, 0.717) is 17.0 Å². The van der Waals surface area contributed by atoms with Crippen LogP contribution in [-0.2, 0) is 9.59 Å². The third kappa shape index (κ3) is 6.86. The van der Waals surface area contributed by atoms with E-state index in [-0.39, 0.29) is 23.7 Å². The highest BCUT2D eigenvalue weighted by molar-refractivity contribution is 6.30. The van der Waals surface area contributed by atoms with Crippen LogP contribution in [-0.4, -0.2) is 23.8 Å². The lowest BCUT2D eigenvalue weighted by molar-refractivity contribution is -0.132. The van der Waals surface area contributed by atoms with Crippen molar-refractivity contribution in [3.63, 3.8) is 0 Å². The number of benzene rings is 1. The molecule has 1 atom stereocenters. The Bertz CT molecular complexity index is 655. The average molecular weight is 394 g/mol. The maximum Gasteiger partial charge on any atom is 0.260 e. The Balaban J connectivity index is 1.93. The molecule has 1 aromatic carbocycles. The smallest absolute Gasteiger partial charge is 0.260 e. The minimum absolute atomic E-state index is 0.0498. The van der Waals surface area contributed by atoms with Crippen LogP contribution in [0.25, 0.3) is 0 Å². The number of halogens is 1. The van der Waals surface area contributed by atoms with Crippen molar-refractivity contribution < 1.29 is 14.4 Å². The van der Waals surface area contributed by atoms with Gasteiger partial charge in [-0.2, -0.15) is 0 Å². The van der Waals surface area contributed by atoms with E-state index in [9.17, 15) is 14.4 Å². The lowest BCUT2D eigenvalue weighted by Gasteiger charge is -2.23. The van der Waals surface area contributed by atoms with Gasteiger partial charge in [0.2, 0.25) is 5.91 Å². The Kier molecular flexibility index (Phi) is 8.10. The largest absolute Gasteiger partial charge is 0.340 e. The monoisotopic (exact) mass is 393 g/mol. The zero-order valence-corrected chi connectivity index (χ0v) is 16.6. The van der Waals surface area contributed by atoms with Crippen LogP contribution in [0.2, 0.25) is 5.02 Å². The first-order valence-corrected chi connectivity index (χ1v) is 9.90. The van der Waals surface area contributed by atoms with E-state index >= 15 is 0 Å². The summed E-state index contributed by atoms with van der Waals surface area (Å²) in [5.74, 6) is -0.789. The second kappa shape index (κ2) is 10.3. The molecule has 27 heavy (non-hydrogen) atoms. The lowest BCUT2D eigenvalue weighted by Crippen LogP contribution is -2.53. The van der Waals surface area contributed by atoms with Gasteiger partial charge in [-0.1, -0.05) is 44.7 Å². The van der Waals surface area contributed by atoms with Crippen LogP contribution < -0.4 is 16.2 Å². The molecule has 0 aromatic heterocycles. The van der Waals surface area contributed by atoms with Gasteiger partial charge in [-0.15, -0.1) is 0 Å². The number of carbonyl (C=O) groups excluding carboxylic acids is 3. The standard InChI is InChI=1S/C20H28ClN3O3/c1-13(2)12-17(22-18(25)15-8-10-16(21)11-9-15)20(27)24-23-19(26)14-6-4-3-5-7-14/h8-11,13-14,17H,3-7,12H2,1-2H3,(H,22,25)(H,23,26)(H,24,27)/t17-/m1/s1. The molecule has 1 aliphatic carbocycles. The van der Waals surface area contributed by atoms with Crippen LogP contribution in [0, 0.1) is 11.8 Å². The third-order valence-corrected chi connectivity index (χ3v) is 4.97. The number of hydrogen-bond acceptors (Lipinski definition) is 3. The topological polar surface area (TPSA) is 87.3 Å². The Labute approximate surface area is 165 Å². The number of rotatable bonds is 6. The molecule has 0 spiro atoms. The molecule has 3 amide bonds. The van der Waals surface area contributed by atoms with E-state index in [0.717, 1.165) is 32.1 Å². The van der Waals surface area contributed by atoms with Crippen molar-refractivity contribution in [1.29, 1.82) is 0 Å². The van der Waals surface area contributed by atoms with Gasteiger partial charge in [0.1, 0.15) is 6.04 Å². The summed E-state index contributed by atoms with van der Waals surface area (Å²) in [6, 6.07) is 5.72. The summed E-state index contributed by atoms with van der Waals surface area (Å²) in [7, 11) is 0. The first kappa shape index (κ1) is 21.2. The molecule has 0 unspecified atom stereocenters. The lowest BCUT2D eigenvalue weighted by atomic mass is 9.89. The predicted octanol–water partition coefficient (Wildman–Crippen LogP) is 3.21. The fourth-order valence-electron chi connectivity index (χ4n) is 3.22. The van der Waals surface area contributed by atoms with Crippen LogP contribution in [0.15, 0.2) is 24.3 Å². The van der Waals surface area contributed by atoms with E-state index in [1.165, 1.54) is 0 Å². The number of hydrogen-bond donors (Lipinski definition) is 3. The Morgan fingerprint density at radius 2 is 1.67 bits per heavy atom. The van der Waals surface area contributed by atoms with E-state index in [1.54, 1.807) is 24.3 Å². The number of carbonyl (C=O) groups is 3. The van der Waals surface area contributed by atoms with Crippen molar-refractivity contribution in [2.24, 2.45) is 11.8 Å². The van der Waals surface area contributed by atoms with Crippen molar-refractivity contribution in [3.05, 3.63) is 34.9 Å². The molecule has 0 radical (unpaired) electrons. The summed E-state index contributed by atoms with van der Waals surface area (Å²) < 4.78 is 0. The fraction of sp³-hybridized carbons (Fsp3) is 0.550. The van der Waals surface area contributed by atoms with E-state index < -0.39 is 11.9 Å². The van der Waals surface area contributed by atoms with Crippen LogP contribution in [0.1, 0.15) is 62.7 Å².